The van der Waals surface area contributed by atoms with E-state index >= 15 is 0 Å². The fourth-order valence-corrected chi connectivity index (χ4v) is 2.17. The normalized spacial score (nSPS) is 40.7. The molecule has 2 nitrogen and oxygen atoms in total. The van der Waals surface area contributed by atoms with Gasteiger partial charge in [-0.3, -0.25) is 4.79 Å². The van der Waals surface area contributed by atoms with Gasteiger partial charge in [0.1, 0.15) is 10.7 Å². The van der Waals surface area contributed by atoms with E-state index in [0.717, 1.165) is 0 Å². The van der Waals surface area contributed by atoms with Crippen LogP contribution in [0.1, 0.15) is 13.8 Å². The number of thioether (sulfide) groups is 1. The number of hydrogen-bond donors (Lipinski definition) is 0. The second-order valence-corrected chi connectivity index (χ2v) is 4.08. The van der Waals surface area contributed by atoms with Crippen LogP contribution >= 0.6 is 11.8 Å². The van der Waals surface area contributed by atoms with Crippen LogP contribution in [0.2, 0.25) is 0 Å². The lowest BCUT2D eigenvalue weighted by atomic mass is 10.0. The van der Waals surface area contributed by atoms with Gasteiger partial charge in [-0.15, -0.1) is 11.8 Å². The Morgan fingerprint density at radius 3 is 2.60 bits per heavy atom. The summed E-state index contributed by atoms with van der Waals surface area (Å²) in [4.78, 5) is 10.8. The molecule has 1 rings (SSSR count). The molecule has 1 fully saturated rings. The average molecular weight is 160 g/mol. The molecule has 2 unspecified atom stereocenters. The van der Waals surface area contributed by atoms with Crippen molar-refractivity contribution in [3.8, 4) is 0 Å². The summed E-state index contributed by atoms with van der Waals surface area (Å²) in [7, 11) is 1.65. The van der Waals surface area contributed by atoms with Crippen molar-refractivity contribution in [2.75, 3.05) is 12.9 Å². The molecule has 0 N–H and O–H groups in total. The minimum absolute atomic E-state index is 0.0440. The van der Waals surface area contributed by atoms with Gasteiger partial charge in [0, 0.05) is 7.11 Å². The highest BCUT2D eigenvalue weighted by Gasteiger charge is 2.42. The van der Waals surface area contributed by atoms with Crippen molar-refractivity contribution in [3.05, 3.63) is 0 Å². The molecule has 2 atom stereocenters. The SMILES string of the molecule is COC1(C)SCC(=O)C1C. The smallest absolute Gasteiger partial charge is 0.149 e. The average Bonchev–Trinajstić information content (AvgIpc) is 2.19. The van der Waals surface area contributed by atoms with E-state index in [-0.39, 0.29) is 10.9 Å². The third kappa shape index (κ3) is 1.08. The molecule has 0 aromatic rings. The second kappa shape index (κ2) is 2.55. The van der Waals surface area contributed by atoms with Crippen molar-refractivity contribution in [3.63, 3.8) is 0 Å². The van der Waals surface area contributed by atoms with Crippen LogP contribution in [-0.2, 0) is 9.53 Å². The number of Topliss-reactive ketones (excluding diaryl/α,β-unsaturated/α-hetero) is 1. The molecule has 3 heteroatoms. The Morgan fingerprint density at radius 2 is 2.40 bits per heavy atom. The predicted molar refractivity (Wildman–Crippen MR) is 42.0 cm³/mol. The van der Waals surface area contributed by atoms with Crippen LogP contribution < -0.4 is 0 Å². The Labute approximate surface area is 65.3 Å². The molecule has 1 heterocycles. The summed E-state index contributed by atoms with van der Waals surface area (Å²) < 4.78 is 5.22. The van der Waals surface area contributed by atoms with Gasteiger partial charge in [-0.25, -0.2) is 0 Å². The molecule has 0 saturated carbocycles. The minimum Gasteiger partial charge on any atom is -0.367 e. The van der Waals surface area contributed by atoms with Crippen LogP contribution in [0, 0.1) is 5.92 Å². The quantitative estimate of drug-likeness (QED) is 0.578. The van der Waals surface area contributed by atoms with Crippen LogP contribution in [0.25, 0.3) is 0 Å². The number of carbonyl (C=O) groups excluding carboxylic acids is 1. The van der Waals surface area contributed by atoms with Crippen molar-refractivity contribution in [1.82, 2.24) is 0 Å². The van der Waals surface area contributed by atoms with Gasteiger partial charge >= 0.3 is 0 Å². The molecule has 0 aromatic carbocycles. The fourth-order valence-electron chi connectivity index (χ4n) is 0.993. The summed E-state index contributed by atoms with van der Waals surface area (Å²) in [6.45, 7) is 3.89. The lowest BCUT2D eigenvalue weighted by Crippen LogP contribution is -2.29. The standard InChI is InChI=1S/C7H12O2S/c1-5-6(8)4-10-7(5,2)9-3/h5H,4H2,1-3H3. The third-order valence-corrected chi connectivity index (χ3v) is 3.70. The molecule has 1 aliphatic rings. The van der Waals surface area contributed by atoms with Crippen LogP contribution in [0.4, 0.5) is 0 Å². The van der Waals surface area contributed by atoms with Crippen molar-refractivity contribution in [2.45, 2.75) is 18.8 Å². The first-order valence-electron chi connectivity index (χ1n) is 3.32. The molecule has 58 valence electrons. The van der Waals surface area contributed by atoms with Gasteiger partial charge in [0.15, 0.2) is 0 Å². The van der Waals surface area contributed by atoms with Gasteiger partial charge in [0.25, 0.3) is 0 Å². The van der Waals surface area contributed by atoms with Crippen molar-refractivity contribution in [1.29, 1.82) is 0 Å². The van der Waals surface area contributed by atoms with E-state index < -0.39 is 0 Å². The first-order chi connectivity index (χ1) is 4.60. The van der Waals surface area contributed by atoms with Crippen molar-refractivity contribution in [2.24, 2.45) is 5.92 Å². The largest absolute Gasteiger partial charge is 0.367 e. The maximum Gasteiger partial charge on any atom is 0.149 e. The highest BCUT2D eigenvalue weighted by atomic mass is 32.2. The monoisotopic (exact) mass is 160 g/mol. The van der Waals surface area contributed by atoms with E-state index in [4.69, 9.17) is 4.74 Å². The number of rotatable bonds is 1. The molecular formula is C7H12O2S. The van der Waals surface area contributed by atoms with E-state index in [1.165, 1.54) is 0 Å². The van der Waals surface area contributed by atoms with Gasteiger partial charge in [-0.05, 0) is 6.92 Å². The lowest BCUT2D eigenvalue weighted by molar-refractivity contribution is -0.123. The molecule has 10 heavy (non-hydrogen) atoms. The van der Waals surface area contributed by atoms with Crippen LogP contribution in [0.3, 0.4) is 0 Å². The van der Waals surface area contributed by atoms with Gasteiger partial charge in [-0.1, -0.05) is 6.92 Å². The predicted octanol–water partition coefficient (Wildman–Crippen LogP) is 1.30. The van der Waals surface area contributed by atoms with Crippen molar-refractivity contribution < 1.29 is 9.53 Å². The molecule has 0 aliphatic carbocycles. The zero-order valence-corrected chi connectivity index (χ0v) is 7.33. The first-order valence-corrected chi connectivity index (χ1v) is 4.30. The Hall–Kier alpha value is -0.0200. The van der Waals surface area contributed by atoms with Gasteiger partial charge < -0.3 is 4.74 Å². The molecule has 0 aromatic heterocycles. The number of carbonyl (C=O) groups is 1. The van der Waals surface area contributed by atoms with Crippen LogP contribution in [0.15, 0.2) is 0 Å². The number of ketones is 1. The maximum absolute atomic E-state index is 11.0. The van der Waals surface area contributed by atoms with E-state index in [2.05, 4.69) is 0 Å². The summed E-state index contributed by atoms with van der Waals surface area (Å²) in [6, 6.07) is 0. The van der Waals surface area contributed by atoms with Crippen LogP contribution in [0.5, 0.6) is 0 Å². The highest BCUT2D eigenvalue weighted by molar-refractivity contribution is 8.01. The number of methoxy groups -OCH3 is 1. The first kappa shape index (κ1) is 8.08. The molecule has 0 spiro atoms. The highest BCUT2D eigenvalue weighted by Crippen LogP contribution is 2.40. The summed E-state index contributed by atoms with van der Waals surface area (Å²) in [5.41, 5.74) is 0. The zero-order valence-electron chi connectivity index (χ0n) is 6.51. The molecule has 1 saturated heterocycles. The number of hydrogen-bond acceptors (Lipinski definition) is 3. The molecular weight excluding hydrogens is 148 g/mol. The van der Waals surface area contributed by atoms with E-state index in [1.54, 1.807) is 18.9 Å². The molecule has 0 radical (unpaired) electrons. The minimum atomic E-state index is -0.267. The summed E-state index contributed by atoms with van der Waals surface area (Å²) >= 11 is 1.59. The van der Waals surface area contributed by atoms with E-state index in [1.807, 2.05) is 13.8 Å². The third-order valence-electron chi connectivity index (χ3n) is 2.18. The van der Waals surface area contributed by atoms with E-state index in [9.17, 15) is 4.79 Å². The Kier molecular flexibility index (Phi) is 2.06. The molecule has 0 amide bonds. The van der Waals surface area contributed by atoms with Gasteiger partial charge in [0.05, 0.1) is 11.7 Å². The number of ether oxygens (including phenoxy) is 1. The Morgan fingerprint density at radius 1 is 1.80 bits per heavy atom. The molecule has 1 aliphatic heterocycles. The summed E-state index contributed by atoms with van der Waals surface area (Å²) in [5.74, 6) is 0.947. The van der Waals surface area contributed by atoms with Gasteiger partial charge in [-0.2, -0.15) is 0 Å². The zero-order chi connectivity index (χ0) is 7.78. The maximum atomic E-state index is 11.0. The van der Waals surface area contributed by atoms with Crippen LogP contribution in [-0.4, -0.2) is 23.6 Å². The molecule has 0 bridgehead atoms. The summed E-state index contributed by atoms with van der Waals surface area (Å²) in [6.07, 6.45) is 0. The Balaban J connectivity index is 2.73. The second-order valence-electron chi connectivity index (χ2n) is 2.70. The topological polar surface area (TPSA) is 26.3 Å². The Bertz CT molecular complexity index is 158. The fraction of sp³-hybridized carbons (Fsp3) is 0.857. The van der Waals surface area contributed by atoms with Gasteiger partial charge in [0.2, 0.25) is 0 Å². The lowest BCUT2D eigenvalue weighted by Gasteiger charge is -2.24. The van der Waals surface area contributed by atoms with Crippen molar-refractivity contribution >= 4 is 17.5 Å². The van der Waals surface area contributed by atoms with E-state index in [0.29, 0.717) is 11.5 Å². The summed E-state index contributed by atoms with van der Waals surface area (Å²) in [5, 5.41) is 0.